The molecule has 5 heteroatoms. The minimum absolute atomic E-state index is 0.867. The normalized spacial score (nSPS) is 11.4. The molecule has 0 aliphatic carbocycles. The second-order valence-electron chi connectivity index (χ2n) is 4.74. The summed E-state index contributed by atoms with van der Waals surface area (Å²) in [6, 6.07) is 10.4. The standard InChI is InChI=1S/C15H21N5/c1-16-15(19(2)3)17-11-9-13-5-7-14(8-6-13)20-12-4-10-18-20/h4-8,10,12H,9,11H2,1-3H3,(H,16,17). The Hall–Kier alpha value is -2.30. The number of rotatable bonds is 4. The lowest BCUT2D eigenvalue weighted by atomic mass is 10.1. The molecule has 1 aromatic heterocycles. The van der Waals surface area contributed by atoms with Crippen LogP contribution in [-0.2, 0) is 6.42 Å². The summed E-state index contributed by atoms with van der Waals surface area (Å²) in [5, 5.41) is 7.53. The van der Waals surface area contributed by atoms with E-state index in [4.69, 9.17) is 0 Å². The van der Waals surface area contributed by atoms with E-state index in [1.807, 2.05) is 35.9 Å². The number of aromatic nitrogens is 2. The predicted molar refractivity (Wildman–Crippen MR) is 82.3 cm³/mol. The fourth-order valence-electron chi connectivity index (χ4n) is 1.99. The fourth-order valence-corrected chi connectivity index (χ4v) is 1.99. The summed E-state index contributed by atoms with van der Waals surface area (Å²) in [7, 11) is 5.75. The van der Waals surface area contributed by atoms with E-state index >= 15 is 0 Å². The van der Waals surface area contributed by atoms with Gasteiger partial charge in [0.15, 0.2) is 5.96 Å². The molecule has 0 saturated carbocycles. The van der Waals surface area contributed by atoms with E-state index in [0.29, 0.717) is 0 Å². The zero-order valence-corrected chi connectivity index (χ0v) is 12.2. The van der Waals surface area contributed by atoms with E-state index in [-0.39, 0.29) is 0 Å². The second-order valence-corrected chi connectivity index (χ2v) is 4.74. The quantitative estimate of drug-likeness (QED) is 0.678. The average Bonchev–Trinajstić information content (AvgIpc) is 2.98. The van der Waals surface area contributed by atoms with Gasteiger partial charge in [-0.2, -0.15) is 5.10 Å². The molecule has 2 aromatic rings. The van der Waals surface area contributed by atoms with Gasteiger partial charge in [0.1, 0.15) is 0 Å². The summed E-state index contributed by atoms with van der Waals surface area (Å²) in [5.41, 5.74) is 2.37. The van der Waals surface area contributed by atoms with Gasteiger partial charge in [-0.1, -0.05) is 12.1 Å². The van der Waals surface area contributed by atoms with Gasteiger partial charge in [-0.25, -0.2) is 4.68 Å². The average molecular weight is 271 g/mol. The zero-order chi connectivity index (χ0) is 14.4. The van der Waals surface area contributed by atoms with Crippen molar-refractivity contribution in [2.24, 2.45) is 4.99 Å². The van der Waals surface area contributed by atoms with Crippen LogP contribution in [-0.4, -0.2) is 48.3 Å². The van der Waals surface area contributed by atoms with Gasteiger partial charge in [0.05, 0.1) is 5.69 Å². The van der Waals surface area contributed by atoms with Gasteiger partial charge < -0.3 is 10.2 Å². The lowest BCUT2D eigenvalue weighted by molar-refractivity contribution is 0.583. The summed E-state index contributed by atoms with van der Waals surface area (Å²) < 4.78 is 1.86. The lowest BCUT2D eigenvalue weighted by Gasteiger charge is -2.16. The van der Waals surface area contributed by atoms with Crippen molar-refractivity contribution >= 4 is 5.96 Å². The van der Waals surface area contributed by atoms with Gasteiger partial charge in [-0.15, -0.1) is 0 Å². The highest BCUT2D eigenvalue weighted by Crippen LogP contribution is 2.08. The van der Waals surface area contributed by atoms with Gasteiger partial charge in [-0.05, 0) is 30.2 Å². The molecule has 2 rings (SSSR count). The Bertz CT molecular complexity index is 540. The minimum atomic E-state index is 0.867. The SMILES string of the molecule is CN=C(NCCc1ccc(-n2cccn2)cc1)N(C)C. The van der Waals surface area contributed by atoms with Crippen LogP contribution in [0.4, 0.5) is 0 Å². The first kappa shape index (κ1) is 14.1. The van der Waals surface area contributed by atoms with E-state index < -0.39 is 0 Å². The molecule has 106 valence electrons. The Labute approximate surface area is 119 Å². The van der Waals surface area contributed by atoms with E-state index in [0.717, 1.165) is 24.6 Å². The van der Waals surface area contributed by atoms with Crippen molar-refractivity contribution in [3.8, 4) is 5.69 Å². The van der Waals surface area contributed by atoms with Crippen LogP contribution in [0.2, 0.25) is 0 Å². The molecule has 0 unspecified atom stereocenters. The van der Waals surface area contributed by atoms with Gasteiger partial charge in [0.2, 0.25) is 0 Å². The minimum Gasteiger partial charge on any atom is -0.356 e. The fraction of sp³-hybridized carbons (Fsp3) is 0.333. The van der Waals surface area contributed by atoms with Crippen molar-refractivity contribution in [1.82, 2.24) is 20.0 Å². The topological polar surface area (TPSA) is 45.5 Å². The highest BCUT2D eigenvalue weighted by atomic mass is 15.3. The smallest absolute Gasteiger partial charge is 0.193 e. The van der Waals surface area contributed by atoms with Crippen molar-refractivity contribution < 1.29 is 0 Å². The molecule has 0 radical (unpaired) electrons. The summed E-state index contributed by atoms with van der Waals surface area (Å²) in [6.45, 7) is 0.867. The van der Waals surface area contributed by atoms with E-state index in [2.05, 4.69) is 39.7 Å². The summed E-state index contributed by atoms with van der Waals surface area (Å²) in [4.78, 5) is 6.16. The van der Waals surface area contributed by atoms with Crippen LogP contribution in [0.3, 0.4) is 0 Å². The first-order valence-corrected chi connectivity index (χ1v) is 6.67. The molecular weight excluding hydrogens is 250 g/mol. The Kier molecular flexibility index (Phi) is 4.76. The van der Waals surface area contributed by atoms with E-state index in [1.54, 1.807) is 13.2 Å². The number of aliphatic imine (C=N–C) groups is 1. The molecule has 5 nitrogen and oxygen atoms in total. The van der Waals surface area contributed by atoms with Gasteiger partial charge >= 0.3 is 0 Å². The predicted octanol–water partition coefficient (Wildman–Crippen LogP) is 1.55. The molecule has 0 saturated heterocycles. The molecule has 0 spiro atoms. The largest absolute Gasteiger partial charge is 0.356 e. The maximum Gasteiger partial charge on any atom is 0.193 e. The first-order chi connectivity index (χ1) is 9.70. The van der Waals surface area contributed by atoms with Crippen LogP contribution in [0.5, 0.6) is 0 Å². The summed E-state index contributed by atoms with van der Waals surface area (Å²) in [6.07, 6.45) is 4.69. The second kappa shape index (κ2) is 6.75. The highest BCUT2D eigenvalue weighted by Gasteiger charge is 2.00. The van der Waals surface area contributed by atoms with Crippen LogP contribution in [0.25, 0.3) is 5.69 Å². The number of hydrogen-bond donors (Lipinski definition) is 1. The van der Waals surface area contributed by atoms with Crippen LogP contribution >= 0.6 is 0 Å². The van der Waals surface area contributed by atoms with E-state index in [1.165, 1.54) is 5.56 Å². The van der Waals surface area contributed by atoms with Crippen LogP contribution in [0.1, 0.15) is 5.56 Å². The Morgan fingerprint density at radius 2 is 2.05 bits per heavy atom. The molecule has 1 aromatic carbocycles. The van der Waals surface area contributed by atoms with Crippen molar-refractivity contribution in [3.63, 3.8) is 0 Å². The molecule has 0 aliphatic rings. The number of nitrogens with one attached hydrogen (secondary N) is 1. The molecule has 0 fully saturated rings. The van der Waals surface area contributed by atoms with Gasteiger partial charge in [0, 0.05) is 40.1 Å². The maximum absolute atomic E-state index is 4.22. The summed E-state index contributed by atoms with van der Waals surface area (Å²) >= 11 is 0. The van der Waals surface area contributed by atoms with Crippen LogP contribution in [0.15, 0.2) is 47.7 Å². The zero-order valence-electron chi connectivity index (χ0n) is 12.2. The molecular formula is C15H21N5. The van der Waals surface area contributed by atoms with Crippen molar-refractivity contribution in [1.29, 1.82) is 0 Å². The molecule has 1 heterocycles. The third-order valence-corrected chi connectivity index (χ3v) is 3.04. The number of guanidine groups is 1. The monoisotopic (exact) mass is 271 g/mol. The third kappa shape index (κ3) is 3.60. The molecule has 0 amide bonds. The van der Waals surface area contributed by atoms with E-state index in [9.17, 15) is 0 Å². The third-order valence-electron chi connectivity index (χ3n) is 3.04. The molecule has 0 atom stereocenters. The molecule has 0 bridgehead atoms. The van der Waals surface area contributed by atoms with Gasteiger partial charge in [0.25, 0.3) is 0 Å². The maximum atomic E-state index is 4.22. The lowest BCUT2D eigenvalue weighted by Crippen LogP contribution is -2.37. The highest BCUT2D eigenvalue weighted by molar-refractivity contribution is 5.79. The Morgan fingerprint density at radius 1 is 1.30 bits per heavy atom. The van der Waals surface area contributed by atoms with Crippen LogP contribution < -0.4 is 5.32 Å². The summed E-state index contributed by atoms with van der Waals surface area (Å²) in [5.74, 6) is 0.901. The Morgan fingerprint density at radius 3 is 2.60 bits per heavy atom. The molecule has 20 heavy (non-hydrogen) atoms. The first-order valence-electron chi connectivity index (χ1n) is 6.67. The van der Waals surface area contributed by atoms with Crippen molar-refractivity contribution in [2.45, 2.75) is 6.42 Å². The van der Waals surface area contributed by atoms with Crippen molar-refractivity contribution in [2.75, 3.05) is 27.7 Å². The number of nitrogens with zero attached hydrogens (tertiary/aromatic N) is 4. The van der Waals surface area contributed by atoms with Gasteiger partial charge in [-0.3, -0.25) is 4.99 Å². The molecule has 0 aliphatic heterocycles. The molecule has 1 N–H and O–H groups in total. The van der Waals surface area contributed by atoms with Crippen molar-refractivity contribution in [3.05, 3.63) is 48.3 Å². The number of benzene rings is 1. The Balaban J connectivity index is 1.88. The van der Waals surface area contributed by atoms with Crippen LogP contribution in [0, 0.1) is 0 Å². The number of hydrogen-bond acceptors (Lipinski definition) is 2.